The maximum Gasteiger partial charge on any atom is 0.251 e. The Morgan fingerprint density at radius 3 is 2.71 bits per heavy atom. The number of hydrogen-bond acceptors (Lipinski definition) is 3. The average molecular weight is 350 g/mol. The van der Waals surface area contributed by atoms with Crippen LogP contribution in [-0.2, 0) is 10.0 Å². The molecular weight excluding hydrogens is 324 g/mol. The Hall–Kier alpha value is -1.56. The second-order valence-corrected chi connectivity index (χ2v) is 8.85. The summed E-state index contributed by atoms with van der Waals surface area (Å²) in [5.74, 6) is 0.899. The molecule has 1 aromatic rings. The summed E-state index contributed by atoms with van der Waals surface area (Å²) in [7, 11) is -3.21. The number of benzene rings is 1. The van der Waals surface area contributed by atoms with Crippen LogP contribution in [0, 0.1) is 5.92 Å². The molecule has 1 heterocycles. The summed E-state index contributed by atoms with van der Waals surface area (Å²) in [6.45, 7) is 1.18. The fourth-order valence-corrected chi connectivity index (χ4v) is 5.28. The molecule has 5 nitrogen and oxygen atoms in total. The summed E-state index contributed by atoms with van der Waals surface area (Å²) >= 11 is 0. The summed E-state index contributed by atoms with van der Waals surface area (Å²) in [6.07, 6.45) is 8.20. The van der Waals surface area contributed by atoms with Gasteiger partial charge in [-0.1, -0.05) is 31.7 Å². The summed E-state index contributed by atoms with van der Waals surface area (Å²) in [5, 5.41) is 2.95. The van der Waals surface area contributed by atoms with Crippen LogP contribution < -0.4 is 9.62 Å². The maximum absolute atomic E-state index is 12.3. The number of rotatable bonds is 6. The lowest BCUT2D eigenvalue weighted by molar-refractivity contribution is 0.0952. The van der Waals surface area contributed by atoms with Gasteiger partial charge in [-0.3, -0.25) is 9.10 Å². The molecule has 1 amide bonds. The molecule has 24 heavy (non-hydrogen) atoms. The van der Waals surface area contributed by atoms with Gasteiger partial charge in [-0.25, -0.2) is 8.42 Å². The summed E-state index contributed by atoms with van der Waals surface area (Å²) in [6, 6.07) is 6.91. The van der Waals surface area contributed by atoms with E-state index in [1.54, 1.807) is 24.3 Å². The quantitative estimate of drug-likeness (QED) is 0.802. The number of carbonyl (C=O) groups is 1. The highest BCUT2D eigenvalue weighted by Crippen LogP contribution is 2.28. The highest BCUT2D eigenvalue weighted by atomic mass is 32.2. The van der Waals surface area contributed by atoms with E-state index in [-0.39, 0.29) is 11.7 Å². The van der Waals surface area contributed by atoms with Crippen molar-refractivity contribution < 1.29 is 13.2 Å². The molecule has 0 spiro atoms. The van der Waals surface area contributed by atoms with Crippen molar-refractivity contribution in [3.8, 4) is 0 Å². The Kier molecular flexibility index (Phi) is 5.43. The van der Waals surface area contributed by atoms with E-state index in [4.69, 9.17) is 0 Å². The molecular formula is C18H26N2O3S. The Balaban J connectivity index is 1.54. The molecule has 1 aromatic carbocycles. The van der Waals surface area contributed by atoms with Crippen LogP contribution in [0.15, 0.2) is 24.3 Å². The number of amides is 1. The molecule has 0 bridgehead atoms. The zero-order valence-electron chi connectivity index (χ0n) is 14.0. The third-order valence-electron chi connectivity index (χ3n) is 5.05. The number of carbonyl (C=O) groups excluding carboxylic acids is 1. The van der Waals surface area contributed by atoms with E-state index in [9.17, 15) is 13.2 Å². The van der Waals surface area contributed by atoms with Gasteiger partial charge < -0.3 is 5.32 Å². The molecule has 1 saturated heterocycles. The monoisotopic (exact) mass is 350 g/mol. The second-order valence-electron chi connectivity index (χ2n) is 6.84. The summed E-state index contributed by atoms with van der Waals surface area (Å²) < 4.78 is 25.4. The zero-order chi connectivity index (χ0) is 17.0. The van der Waals surface area contributed by atoms with E-state index in [0.29, 0.717) is 30.8 Å². The molecule has 0 atom stereocenters. The molecule has 2 fully saturated rings. The van der Waals surface area contributed by atoms with Gasteiger partial charge in [0.25, 0.3) is 5.91 Å². The lowest BCUT2D eigenvalue weighted by Gasteiger charge is -2.17. The van der Waals surface area contributed by atoms with E-state index in [1.165, 1.54) is 36.4 Å². The highest BCUT2D eigenvalue weighted by Gasteiger charge is 2.28. The second kappa shape index (κ2) is 7.55. The minimum atomic E-state index is -3.21. The summed E-state index contributed by atoms with van der Waals surface area (Å²) in [5.41, 5.74) is 1.11. The third kappa shape index (κ3) is 4.09. The van der Waals surface area contributed by atoms with E-state index in [2.05, 4.69) is 5.32 Å². The molecule has 1 saturated carbocycles. The standard InChI is InChI=1S/C18H26N2O3S/c21-18(19-11-4-8-15-6-1-2-7-15)16-9-3-10-17(14-16)20-12-5-13-24(20,22)23/h3,9-10,14-15H,1-2,4-8,11-13H2,(H,19,21). The molecule has 132 valence electrons. The largest absolute Gasteiger partial charge is 0.352 e. The first-order valence-corrected chi connectivity index (χ1v) is 10.6. The van der Waals surface area contributed by atoms with Crippen LogP contribution in [0.4, 0.5) is 5.69 Å². The molecule has 1 N–H and O–H groups in total. The Bertz CT molecular complexity index is 681. The van der Waals surface area contributed by atoms with Crippen molar-refractivity contribution in [2.75, 3.05) is 23.1 Å². The maximum atomic E-state index is 12.3. The predicted octanol–water partition coefficient (Wildman–Crippen LogP) is 2.93. The van der Waals surface area contributed by atoms with Crippen molar-refractivity contribution in [2.24, 2.45) is 5.92 Å². The first-order valence-electron chi connectivity index (χ1n) is 8.95. The van der Waals surface area contributed by atoms with E-state index in [0.717, 1.165) is 12.3 Å². The van der Waals surface area contributed by atoms with Gasteiger partial charge >= 0.3 is 0 Å². The number of nitrogens with zero attached hydrogens (tertiary/aromatic N) is 1. The first-order chi connectivity index (χ1) is 11.6. The van der Waals surface area contributed by atoms with Crippen LogP contribution in [0.3, 0.4) is 0 Å². The van der Waals surface area contributed by atoms with Gasteiger partial charge in [-0.15, -0.1) is 0 Å². The van der Waals surface area contributed by atoms with Crippen LogP contribution in [0.1, 0.15) is 55.3 Å². The molecule has 0 aromatic heterocycles. The number of hydrogen-bond donors (Lipinski definition) is 1. The molecule has 0 unspecified atom stereocenters. The van der Waals surface area contributed by atoms with Crippen molar-refractivity contribution in [1.82, 2.24) is 5.32 Å². The van der Waals surface area contributed by atoms with Gasteiger partial charge in [0.15, 0.2) is 0 Å². The van der Waals surface area contributed by atoms with E-state index < -0.39 is 10.0 Å². The van der Waals surface area contributed by atoms with E-state index >= 15 is 0 Å². The molecule has 1 aliphatic heterocycles. The van der Waals surface area contributed by atoms with Crippen molar-refractivity contribution in [3.05, 3.63) is 29.8 Å². The Morgan fingerprint density at radius 2 is 2.00 bits per heavy atom. The predicted molar refractivity (Wildman–Crippen MR) is 95.7 cm³/mol. The normalized spacial score (nSPS) is 20.4. The van der Waals surface area contributed by atoms with E-state index in [1.807, 2.05) is 0 Å². The van der Waals surface area contributed by atoms with Gasteiger partial charge in [0.1, 0.15) is 0 Å². The Morgan fingerprint density at radius 1 is 1.21 bits per heavy atom. The van der Waals surface area contributed by atoms with Crippen LogP contribution in [0.25, 0.3) is 0 Å². The molecule has 1 aliphatic carbocycles. The van der Waals surface area contributed by atoms with Crippen LogP contribution >= 0.6 is 0 Å². The minimum Gasteiger partial charge on any atom is -0.352 e. The van der Waals surface area contributed by atoms with Crippen LogP contribution in [0.5, 0.6) is 0 Å². The molecule has 6 heteroatoms. The lowest BCUT2D eigenvalue weighted by Crippen LogP contribution is -2.27. The lowest BCUT2D eigenvalue weighted by atomic mass is 10.0. The molecule has 3 rings (SSSR count). The van der Waals surface area contributed by atoms with Gasteiger partial charge in [0, 0.05) is 18.7 Å². The van der Waals surface area contributed by atoms with Crippen LogP contribution in [-0.4, -0.2) is 33.2 Å². The fourth-order valence-electron chi connectivity index (χ4n) is 3.73. The average Bonchev–Trinajstić information content (AvgIpc) is 3.20. The molecule has 0 radical (unpaired) electrons. The minimum absolute atomic E-state index is 0.125. The van der Waals surface area contributed by atoms with Crippen LogP contribution in [0.2, 0.25) is 0 Å². The number of sulfonamides is 1. The van der Waals surface area contributed by atoms with Gasteiger partial charge in [0.05, 0.1) is 11.4 Å². The third-order valence-corrected chi connectivity index (χ3v) is 6.91. The molecule has 2 aliphatic rings. The summed E-state index contributed by atoms with van der Waals surface area (Å²) in [4.78, 5) is 12.3. The number of nitrogens with one attached hydrogen (secondary N) is 1. The fraction of sp³-hybridized carbons (Fsp3) is 0.611. The van der Waals surface area contributed by atoms with Crippen molar-refractivity contribution >= 4 is 21.6 Å². The van der Waals surface area contributed by atoms with Gasteiger partial charge in [-0.2, -0.15) is 0 Å². The topological polar surface area (TPSA) is 66.5 Å². The van der Waals surface area contributed by atoms with Crippen molar-refractivity contribution in [2.45, 2.75) is 44.9 Å². The SMILES string of the molecule is O=C(NCCCC1CCCC1)c1cccc(N2CCCS2(=O)=O)c1. The highest BCUT2D eigenvalue weighted by molar-refractivity contribution is 7.93. The number of anilines is 1. The Labute approximate surface area is 144 Å². The van der Waals surface area contributed by atoms with Crippen molar-refractivity contribution in [3.63, 3.8) is 0 Å². The first kappa shape index (κ1) is 17.3. The van der Waals surface area contributed by atoms with Gasteiger partial charge in [0.2, 0.25) is 10.0 Å². The van der Waals surface area contributed by atoms with Crippen molar-refractivity contribution in [1.29, 1.82) is 0 Å². The smallest absolute Gasteiger partial charge is 0.251 e. The zero-order valence-corrected chi connectivity index (χ0v) is 14.9. The van der Waals surface area contributed by atoms with Gasteiger partial charge in [-0.05, 0) is 43.4 Å².